The summed E-state index contributed by atoms with van der Waals surface area (Å²) in [5, 5.41) is 0. The Balaban J connectivity index is 1.24. The van der Waals surface area contributed by atoms with Crippen LogP contribution in [-0.4, -0.2) is 67.1 Å². The first-order valence-electron chi connectivity index (χ1n) is 13.6. The largest absolute Gasteiger partial charge is 0.497 e. The van der Waals surface area contributed by atoms with Gasteiger partial charge in [-0.1, -0.05) is 30.7 Å². The normalized spacial score (nSPS) is 22.1. The Morgan fingerprint density at radius 1 is 1.05 bits per heavy atom. The first-order chi connectivity index (χ1) is 18.1. The minimum absolute atomic E-state index is 0.0403. The fourth-order valence-electron chi connectivity index (χ4n) is 6.30. The molecule has 3 aliphatic heterocycles. The third kappa shape index (κ3) is 4.57. The topological polar surface area (TPSA) is 77.2 Å². The second-order valence-corrected chi connectivity index (χ2v) is 11.0. The standard InChI is InChI=1S/C29H37N5O3/c1-37-26-7-2-4-21(16-26)19-34-28(36)33(25-10-8-22(9-11-25)24-17-30-31-18-24)20-29(34)12-14-32(15-13-29)27(35)23-5-3-6-23/h2,4,7-11,16,23-24,30-31H,3,5-6,12-15,17-20H2,1H3. The molecule has 37 heavy (non-hydrogen) atoms. The molecule has 0 aromatic heterocycles. The third-order valence-electron chi connectivity index (χ3n) is 8.92. The molecule has 6 rings (SSSR count). The summed E-state index contributed by atoms with van der Waals surface area (Å²) in [7, 11) is 1.67. The summed E-state index contributed by atoms with van der Waals surface area (Å²) in [6.07, 6.45) is 4.82. The van der Waals surface area contributed by atoms with Crippen LogP contribution < -0.4 is 20.5 Å². The van der Waals surface area contributed by atoms with Gasteiger partial charge >= 0.3 is 6.03 Å². The van der Waals surface area contributed by atoms with E-state index in [0.29, 0.717) is 38.0 Å². The Morgan fingerprint density at radius 3 is 2.43 bits per heavy atom. The highest BCUT2D eigenvalue weighted by molar-refractivity contribution is 5.95. The van der Waals surface area contributed by atoms with Crippen LogP contribution >= 0.6 is 0 Å². The molecule has 8 heteroatoms. The number of carbonyl (C=O) groups excluding carboxylic acids is 2. The molecule has 0 unspecified atom stereocenters. The number of piperidine rings is 1. The number of nitrogens with zero attached hydrogens (tertiary/aromatic N) is 3. The van der Waals surface area contributed by atoms with Crippen LogP contribution in [0.15, 0.2) is 48.5 Å². The predicted octanol–water partition coefficient (Wildman–Crippen LogP) is 3.49. The second kappa shape index (κ2) is 9.99. The number of anilines is 1. The Bertz CT molecular complexity index is 1130. The molecule has 3 amide bonds. The Kier molecular flexibility index (Phi) is 6.55. The summed E-state index contributed by atoms with van der Waals surface area (Å²) in [5.41, 5.74) is 9.35. The molecule has 3 saturated heterocycles. The van der Waals surface area contributed by atoms with Crippen molar-refractivity contribution in [3.8, 4) is 5.75 Å². The zero-order valence-electron chi connectivity index (χ0n) is 21.6. The molecular weight excluding hydrogens is 466 g/mol. The molecular formula is C29H37N5O3. The second-order valence-electron chi connectivity index (χ2n) is 11.0. The molecule has 196 valence electrons. The minimum atomic E-state index is -0.297. The van der Waals surface area contributed by atoms with Crippen LogP contribution in [-0.2, 0) is 11.3 Å². The number of carbonyl (C=O) groups is 2. The van der Waals surface area contributed by atoms with Crippen molar-refractivity contribution in [1.29, 1.82) is 0 Å². The molecule has 0 radical (unpaired) electrons. The van der Waals surface area contributed by atoms with Crippen LogP contribution in [0.3, 0.4) is 0 Å². The molecule has 2 N–H and O–H groups in total. The highest BCUT2D eigenvalue weighted by Crippen LogP contribution is 2.41. The smallest absolute Gasteiger partial charge is 0.325 e. The van der Waals surface area contributed by atoms with Gasteiger partial charge in [0.05, 0.1) is 19.2 Å². The lowest BCUT2D eigenvalue weighted by molar-refractivity contribution is -0.140. The molecule has 2 aromatic rings. The highest BCUT2D eigenvalue weighted by atomic mass is 16.5. The molecule has 8 nitrogen and oxygen atoms in total. The number of nitrogens with one attached hydrogen (secondary N) is 2. The number of methoxy groups -OCH3 is 1. The van der Waals surface area contributed by atoms with Gasteiger partial charge in [0.25, 0.3) is 0 Å². The van der Waals surface area contributed by atoms with E-state index in [9.17, 15) is 9.59 Å². The zero-order valence-corrected chi connectivity index (χ0v) is 21.6. The number of hydrogen-bond acceptors (Lipinski definition) is 5. The summed E-state index contributed by atoms with van der Waals surface area (Å²) in [6, 6.07) is 16.5. The maximum absolute atomic E-state index is 14.0. The molecule has 4 aliphatic rings. The van der Waals surface area contributed by atoms with Crippen molar-refractivity contribution < 1.29 is 14.3 Å². The number of amides is 3. The summed E-state index contributed by atoms with van der Waals surface area (Å²) in [5.74, 6) is 1.76. The van der Waals surface area contributed by atoms with E-state index in [1.54, 1.807) is 7.11 Å². The van der Waals surface area contributed by atoms with Gasteiger partial charge in [0.2, 0.25) is 5.91 Å². The molecule has 3 heterocycles. The van der Waals surface area contributed by atoms with Crippen LogP contribution in [0.25, 0.3) is 0 Å². The lowest BCUT2D eigenvalue weighted by atomic mass is 9.82. The van der Waals surface area contributed by atoms with Crippen molar-refractivity contribution in [3.05, 3.63) is 59.7 Å². The lowest BCUT2D eigenvalue weighted by Crippen LogP contribution is -2.56. The van der Waals surface area contributed by atoms with Crippen LogP contribution in [0, 0.1) is 5.92 Å². The number of likely N-dealkylation sites (tertiary alicyclic amines) is 1. The number of ether oxygens (including phenoxy) is 1. The van der Waals surface area contributed by atoms with E-state index in [1.807, 2.05) is 28.0 Å². The van der Waals surface area contributed by atoms with Gasteiger partial charge in [-0.2, -0.15) is 0 Å². The number of hydrogen-bond donors (Lipinski definition) is 2. The Morgan fingerprint density at radius 2 is 1.78 bits per heavy atom. The van der Waals surface area contributed by atoms with Gasteiger partial charge in [0.15, 0.2) is 0 Å². The Hall–Kier alpha value is -3.10. The van der Waals surface area contributed by atoms with Crippen molar-refractivity contribution in [2.75, 3.05) is 44.7 Å². The van der Waals surface area contributed by atoms with Crippen molar-refractivity contribution in [3.63, 3.8) is 0 Å². The summed E-state index contributed by atoms with van der Waals surface area (Å²) < 4.78 is 5.44. The van der Waals surface area contributed by atoms with Crippen LogP contribution in [0.2, 0.25) is 0 Å². The van der Waals surface area contributed by atoms with Crippen molar-refractivity contribution in [2.24, 2.45) is 5.92 Å². The van der Waals surface area contributed by atoms with Crippen LogP contribution in [0.5, 0.6) is 5.75 Å². The van der Waals surface area contributed by atoms with Gasteiger partial charge < -0.3 is 14.5 Å². The molecule has 0 atom stereocenters. The summed E-state index contributed by atoms with van der Waals surface area (Å²) in [4.78, 5) is 33.0. The monoisotopic (exact) mass is 503 g/mol. The van der Waals surface area contributed by atoms with E-state index in [0.717, 1.165) is 55.8 Å². The number of urea groups is 1. The zero-order chi connectivity index (χ0) is 25.4. The highest BCUT2D eigenvalue weighted by Gasteiger charge is 2.52. The number of benzene rings is 2. The fourth-order valence-corrected chi connectivity index (χ4v) is 6.30. The third-order valence-corrected chi connectivity index (χ3v) is 8.92. The van der Waals surface area contributed by atoms with Crippen molar-refractivity contribution in [2.45, 2.75) is 50.1 Å². The molecule has 2 aromatic carbocycles. The van der Waals surface area contributed by atoms with Gasteiger partial charge in [-0.15, -0.1) is 0 Å². The number of hydrazine groups is 1. The van der Waals surface area contributed by atoms with Crippen LogP contribution in [0.1, 0.15) is 49.1 Å². The average molecular weight is 504 g/mol. The SMILES string of the molecule is COc1cccc(CN2C(=O)N(c3ccc(C4CNNC4)cc3)CC23CCN(C(=O)C2CCC2)CC3)c1. The van der Waals surface area contributed by atoms with E-state index < -0.39 is 0 Å². The lowest BCUT2D eigenvalue weighted by Gasteiger charge is -2.45. The van der Waals surface area contributed by atoms with Crippen molar-refractivity contribution >= 4 is 17.6 Å². The molecule has 4 fully saturated rings. The van der Waals surface area contributed by atoms with Gasteiger partial charge in [-0.05, 0) is 61.1 Å². The van der Waals surface area contributed by atoms with E-state index >= 15 is 0 Å². The van der Waals surface area contributed by atoms with Crippen molar-refractivity contribution in [1.82, 2.24) is 20.7 Å². The van der Waals surface area contributed by atoms with Gasteiger partial charge in [-0.3, -0.25) is 20.5 Å². The van der Waals surface area contributed by atoms with E-state index in [2.05, 4.69) is 46.1 Å². The summed E-state index contributed by atoms with van der Waals surface area (Å²) in [6.45, 7) is 4.43. The van der Waals surface area contributed by atoms with Gasteiger partial charge in [0.1, 0.15) is 5.75 Å². The quantitative estimate of drug-likeness (QED) is 0.631. The first-order valence-corrected chi connectivity index (χ1v) is 13.6. The fraction of sp³-hybridized carbons (Fsp3) is 0.517. The molecule has 1 saturated carbocycles. The molecule has 1 spiro atoms. The first kappa shape index (κ1) is 24.2. The predicted molar refractivity (Wildman–Crippen MR) is 142 cm³/mol. The van der Waals surface area contributed by atoms with E-state index in [1.165, 1.54) is 12.0 Å². The van der Waals surface area contributed by atoms with Crippen LogP contribution in [0.4, 0.5) is 10.5 Å². The maximum atomic E-state index is 14.0. The summed E-state index contributed by atoms with van der Waals surface area (Å²) >= 11 is 0. The average Bonchev–Trinajstić information content (AvgIpc) is 3.52. The van der Waals surface area contributed by atoms with Gasteiger partial charge in [0, 0.05) is 50.2 Å². The van der Waals surface area contributed by atoms with Gasteiger partial charge in [-0.25, -0.2) is 4.79 Å². The molecule has 1 aliphatic carbocycles. The van der Waals surface area contributed by atoms with E-state index in [-0.39, 0.29) is 17.5 Å². The minimum Gasteiger partial charge on any atom is -0.497 e. The molecule has 0 bridgehead atoms. The number of rotatable bonds is 6. The Labute approximate surface area is 218 Å². The maximum Gasteiger partial charge on any atom is 0.325 e. The van der Waals surface area contributed by atoms with E-state index in [4.69, 9.17) is 4.74 Å².